The molecule has 0 aliphatic rings. The van der Waals surface area contributed by atoms with E-state index in [1.54, 1.807) is 26.4 Å². The molecule has 0 aliphatic carbocycles. The lowest BCUT2D eigenvalue weighted by Crippen LogP contribution is -2.27. The Morgan fingerprint density at radius 3 is 1.08 bits per heavy atom. The number of carbonyl (C=O) groups excluding carboxylic acids is 6. The van der Waals surface area contributed by atoms with E-state index >= 15 is 0 Å². The molecule has 0 bridgehead atoms. The standard InChI is InChI=1S/C27H37NO5.C25H34N2O5.C23H30N2O3/c1-20-10-11-21(17-26(20)33-2)6-5-8-25(31)7-3-4-9-27(32)28-15-14-22-12-13-23(18-29)24(16-22)19-30;1-18-14-19(7-9-23(18)32-2)10-12-26-24(30)4-3-5-25(31)27-13-11-20-6-8-21(16-28)22(15-20)17-29;1-18-5-7-19(8-6-18)13-15-24-22(27)3-2-4-23(28)25-16-14-20-9-11-21(17-26)12-10-20/h10-13,16-17,29-30H,3-9,14-15,18-19H2,1-2H3,(H,28,32);6-9,14-15,28-29H,3-5,10-13,16-17H2,1-2H3,(H,26,30)(H,27,31);5-12,26H,2-4,13-17H2,1H3,(H,24,27)(H,25,28). The maximum atomic E-state index is 12.1. The Hall–Kier alpha value is -8.26. The van der Waals surface area contributed by atoms with Crippen molar-refractivity contribution < 1.29 is 63.8 Å². The molecule has 504 valence electrons. The molecule has 0 heterocycles. The first kappa shape index (κ1) is 77.2. The number of ether oxygens (including phenoxy) is 2. The molecule has 0 spiro atoms. The third-order valence-electron chi connectivity index (χ3n) is 15.8. The largest absolute Gasteiger partial charge is 0.496 e. The van der Waals surface area contributed by atoms with Crippen LogP contribution in [0, 0.1) is 20.8 Å². The van der Waals surface area contributed by atoms with Crippen LogP contribution in [0.5, 0.6) is 11.5 Å². The molecule has 0 saturated heterocycles. The van der Waals surface area contributed by atoms with Crippen molar-refractivity contribution in [2.45, 2.75) is 169 Å². The van der Waals surface area contributed by atoms with Crippen LogP contribution in [-0.4, -0.2) is 108 Å². The van der Waals surface area contributed by atoms with Crippen molar-refractivity contribution in [2.75, 3.05) is 46.9 Å². The first-order valence-corrected chi connectivity index (χ1v) is 32.5. The average Bonchev–Trinajstić information content (AvgIpc) is 1.89. The molecule has 10 N–H and O–H groups in total. The smallest absolute Gasteiger partial charge is 0.220 e. The highest BCUT2D eigenvalue weighted by atomic mass is 16.5. The molecule has 0 aliphatic heterocycles. The number of carbonyl (C=O) groups is 6. The minimum atomic E-state index is -0.127. The predicted molar refractivity (Wildman–Crippen MR) is 363 cm³/mol. The van der Waals surface area contributed by atoms with E-state index in [0.29, 0.717) is 126 Å². The molecule has 6 aromatic rings. The zero-order valence-corrected chi connectivity index (χ0v) is 55.3. The quantitative estimate of drug-likeness (QED) is 0.0162. The number of rotatable bonds is 39. The molecule has 6 rings (SSSR count). The highest BCUT2D eigenvalue weighted by Crippen LogP contribution is 2.22. The maximum Gasteiger partial charge on any atom is 0.220 e. The monoisotopic (exact) mass is 1280 g/mol. The molecule has 6 aromatic carbocycles. The second kappa shape index (κ2) is 45.1. The summed E-state index contributed by atoms with van der Waals surface area (Å²) in [5.74, 6) is 1.80. The van der Waals surface area contributed by atoms with Gasteiger partial charge in [-0.05, 0) is 176 Å². The van der Waals surface area contributed by atoms with Crippen LogP contribution in [0.3, 0.4) is 0 Å². The van der Waals surface area contributed by atoms with Crippen molar-refractivity contribution in [1.82, 2.24) is 26.6 Å². The number of nitrogens with one attached hydrogen (secondary N) is 5. The lowest BCUT2D eigenvalue weighted by Gasteiger charge is -2.10. The third kappa shape index (κ3) is 31.8. The molecule has 0 fully saturated rings. The van der Waals surface area contributed by atoms with E-state index in [-0.39, 0.29) is 68.4 Å². The van der Waals surface area contributed by atoms with Crippen molar-refractivity contribution in [3.8, 4) is 11.5 Å². The van der Waals surface area contributed by atoms with Crippen molar-refractivity contribution in [3.63, 3.8) is 0 Å². The number of benzene rings is 6. The maximum absolute atomic E-state index is 12.1. The third-order valence-corrected chi connectivity index (χ3v) is 15.8. The zero-order valence-electron chi connectivity index (χ0n) is 55.3. The fourth-order valence-corrected chi connectivity index (χ4v) is 10.2. The zero-order chi connectivity index (χ0) is 67.6. The van der Waals surface area contributed by atoms with Gasteiger partial charge in [-0.2, -0.15) is 0 Å². The fraction of sp³-hybridized carbons (Fsp3) is 0.440. The van der Waals surface area contributed by atoms with Crippen molar-refractivity contribution in [3.05, 3.63) is 199 Å². The second-order valence-electron chi connectivity index (χ2n) is 23.2. The number of hydrogen-bond donors (Lipinski definition) is 10. The van der Waals surface area contributed by atoms with E-state index in [9.17, 15) is 49.2 Å². The van der Waals surface area contributed by atoms with E-state index in [0.717, 1.165) is 94.5 Å². The SMILES string of the molecule is COc1cc(CCCC(=O)CCCCC(=O)NCCc2ccc(CO)c(CO)c2)ccc1C.COc1ccc(CCNC(=O)CCCC(=O)NCCc2ccc(CO)c(CO)c2)cc1C.Cc1ccc(CCNC(=O)CCCC(=O)NCCc2ccc(CO)cc2)cc1. The number of ketones is 1. The lowest BCUT2D eigenvalue weighted by atomic mass is 10.0. The van der Waals surface area contributed by atoms with E-state index in [2.05, 4.69) is 69.9 Å². The summed E-state index contributed by atoms with van der Waals surface area (Å²) in [7, 11) is 3.31. The summed E-state index contributed by atoms with van der Waals surface area (Å²) < 4.78 is 10.6. The Labute approximate surface area is 550 Å². The predicted octanol–water partition coefficient (Wildman–Crippen LogP) is 8.65. The summed E-state index contributed by atoms with van der Waals surface area (Å²) in [5.41, 5.74) is 13.7. The molecule has 0 aromatic heterocycles. The number of Topliss-reactive ketones (excluding diaryl/α,β-unsaturated/α-hetero) is 1. The lowest BCUT2D eigenvalue weighted by molar-refractivity contribution is -0.124. The minimum Gasteiger partial charge on any atom is -0.496 e. The molecule has 18 nitrogen and oxygen atoms in total. The van der Waals surface area contributed by atoms with Crippen LogP contribution in [0.4, 0.5) is 0 Å². The van der Waals surface area contributed by atoms with Gasteiger partial charge >= 0.3 is 0 Å². The van der Waals surface area contributed by atoms with E-state index < -0.39 is 0 Å². The summed E-state index contributed by atoms with van der Waals surface area (Å²) in [5, 5.41) is 60.7. The van der Waals surface area contributed by atoms with Gasteiger partial charge in [-0.3, -0.25) is 28.8 Å². The summed E-state index contributed by atoms with van der Waals surface area (Å²) in [6.45, 7) is 8.38. The summed E-state index contributed by atoms with van der Waals surface area (Å²) >= 11 is 0. The van der Waals surface area contributed by atoms with Crippen molar-refractivity contribution in [1.29, 1.82) is 0 Å². The molecule has 0 unspecified atom stereocenters. The molecule has 93 heavy (non-hydrogen) atoms. The van der Waals surface area contributed by atoms with Gasteiger partial charge in [0.05, 0.1) is 47.3 Å². The minimum absolute atomic E-state index is 0.00914. The van der Waals surface area contributed by atoms with Crippen LogP contribution >= 0.6 is 0 Å². The van der Waals surface area contributed by atoms with Gasteiger partial charge in [0.1, 0.15) is 17.3 Å². The molecule has 5 amide bonds. The van der Waals surface area contributed by atoms with Crippen LogP contribution < -0.4 is 36.1 Å². The summed E-state index contributed by atoms with van der Waals surface area (Å²) in [4.78, 5) is 71.9. The molecule has 18 heteroatoms. The number of aliphatic hydroxyl groups is 5. The molecular weight excluding hydrogens is 1180 g/mol. The van der Waals surface area contributed by atoms with Crippen LogP contribution in [0.1, 0.15) is 155 Å². The van der Waals surface area contributed by atoms with Crippen molar-refractivity contribution in [2.24, 2.45) is 0 Å². The fourth-order valence-electron chi connectivity index (χ4n) is 10.2. The van der Waals surface area contributed by atoms with Gasteiger partial charge < -0.3 is 61.6 Å². The summed E-state index contributed by atoms with van der Waals surface area (Å²) in [6.07, 6.45) is 10.6. The van der Waals surface area contributed by atoms with Crippen LogP contribution in [0.25, 0.3) is 0 Å². The van der Waals surface area contributed by atoms with Crippen LogP contribution in [0.15, 0.2) is 121 Å². The highest BCUT2D eigenvalue weighted by molar-refractivity contribution is 5.80. The van der Waals surface area contributed by atoms with E-state index in [4.69, 9.17) is 14.6 Å². The second-order valence-corrected chi connectivity index (χ2v) is 23.2. The normalized spacial score (nSPS) is 10.6. The Bertz CT molecular complexity index is 3220. The van der Waals surface area contributed by atoms with E-state index in [1.807, 2.05) is 86.6 Å². The van der Waals surface area contributed by atoms with Crippen LogP contribution in [0.2, 0.25) is 0 Å². The van der Waals surface area contributed by atoms with Gasteiger partial charge in [0.25, 0.3) is 0 Å². The number of unbranched alkanes of at least 4 members (excludes halogenated alkanes) is 1. The Morgan fingerprint density at radius 2 is 0.656 bits per heavy atom. The highest BCUT2D eigenvalue weighted by Gasteiger charge is 2.12. The number of aliphatic hydroxyl groups excluding tert-OH is 5. The Kier molecular flexibility index (Phi) is 37.4. The van der Waals surface area contributed by atoms with Crippen molar-refractivity contribution >= 4 is 35.3 Å². The molecule has 0 radical (unpaired) electrons. The topological polar surface area (TPSA) is 282 Å². The average molecular weight is 1280 g/mol. The number of amides is 5. The Balaban J connectivity index is 0.000000298. The number of hydrogen-bond acceptors (Lipinski definition) is 13. The first-order chi connectivity index (χ1) is 45.0. The van der Waals surface area contributed by atoms with Gasteiger partial charge in [0.2, 0.25) is 29.5 Å². The van der Waals surface area contributed by atoms with Gasteiger partial charge in [-0.1, -0.05) is 115 Å². The van der Waals surface area contributed by atoms with Crippen LogP contribution in [-0.2, 0) is 100 Å². The first-order valence-electron chi connectivity index (χ1n) is 32.5. The van der Waals surface area contributed by atoms with Gasteiger partial charge in [0, 0.05) is 77.7 Å². The number of aryl methyl sites for hydroxylation is 4. The van der Waals surface area contributed by atoms with Gasteiger partial charge in [0.15, 0.2) is 0 Å². The molecule has 0 atom stereocenters. The molecular formula is C75H101N5O13. The number of methoxy groups -OCH3 is 2. The molecule has 0 saturated carbocycles. The summed E-state index contributed by atoms with van der Waals surface area (Å²) in [6, 6.07) is 39.2. The Morgan fingerprint density at radius 1 is 0.312 bits per heavy atom. The van der Waals surface area contributed by atoms with Gasteiger partial charge in [-0.15, -0.1) is 0 Å². The van der Waals surface area contributed by atoms with Gasteiger partial charge in [-0.25, -0.2) is 0 Å². The van der Waals surface area contributed by atoms with E-state index in [1.165, 1.54) is 16.7 Å².